The zero-order valence-electron chi connectivity index (χ0n) is 11.0. The molecule has 0 aliphatic carbocycles. The van der Waals surface area contributed by atoms with Gasteiger partial charge in [0.15, 0.2) is 0 Å². The maximum absolute atomic E-state index is 11.9. The van der Waals surface area contributed by atoms with Crippen LogP contribution in [0.15, 0.2) is 24.3 Å². The van der Waals surface area contributed by atoms with E-state index in [1.165, 1.54) is 11.1 Å². The predicted octanol–water partition coefficient (Wildman–Crippen LogP) is 3.01. The molecule has 0 amide bonds. The highest BCUT2D eigenvalue weighted by molar-refractivity contribution is 5.83. The third kappa shape index (κ3) is 2.95. The smallest absolute Gasteiger partial charge is 0.139 e. The number of carbonyl (C=O) groups excluding carboxylic acids is 1. The molecule has 2 rings (SSSR count). The number of fused-ring (bicyclic) bond motifs is 1. The summed E-state index contributed by atoms with van der Waals surface area (Å²) in [6.07, 6.45) is 0.664. The molecule has 0 bridgehead atoms. The van der Waals surface area contributed by atoms with Crippen molar-refractivity contribution in [2.45, 2.75) is 40.3 Å². The first kappa shape index (κ1) is 12.3. The summed E-state index contributed by atoms with van der Waals surface area (Å²) in [5.74, 6) is 0.355. The maximum atomic E-state index is 11.9. The molecule has 0 radical (unpaired) electrons. The van der Waals surface area contributed by atoms with Crippen molar-refractivity contribution in [2.24, 2.45) is 5.41 Å². The van der Waals surface area contributed by atoms with E-state index in [0.717, 1.165) is 19.6 Å². The zero-order valence-corrected chi connectivity index (χ0v) is 11.0. The Morgan fingerprint density at radius 1 is 1.18 bits per heavy atom. The Hall–Kier alpha value is -1.15. The molecule has 92 valence electrons. The molecule has 1 aliphatic heterocycles. The van der Waals surface area contributed by atoms with E-state index in [-0.39, 0.29) is 5.41 Å². The topological polar surface area (TPSA) is 20.3 Å². The maximum Gasteiger partial charge on any atom is 0.139 e. The van der Waals surface area contributed by atoms with Crippen molar-refractivity contribution in [3.63, 3.8) is 0 Å². The summed E-state index contributed by atoms with van der Waals surface area (Å²) in [4.78, 5) is 14.2. The van der Waals surface area contributed by atoms with Crippen LogP contribution < -0.4 is 0 Å². The summed E-state index contributed by atoms with van der Waals surface area (Å²) < 4.78 is 0. The van der Waals surface area contributed by atoms with E-state index < -0.39 is 0 Å². The largest absolute Gasteiger partial charge is 0.299 e. The van der Waals surface area contributed by atoms with Gasteiger partial charge in [0.25, 0.3) is 0 Å². The average Bonchev–Trinajstić information content (AvgIpc) is 2.66. The average molecular weight is 231 g/mol. The van der Waals surface area contributed by atoms with Gasteiger partial charge < -0.3 is 0 Å². The lowest BCUT2D eigenvalue weighted by Gasteiger charge is -2.19. The molecule has 0 spiro atoms. The minimum atomic E-state index is -0.202. The van der Waals surface area contributed by atoms with Crippen molar-refractivity contribution < 1.29 is 4.79 Å². The van der Waals surface area contributed by atoms with E-state index in [2.05, 4.69) is 29.2 Å². The zero-order chi connectivity index (χ0) is 12.5. The van der Waals surface area contributed by atoms with E-state index in [0.29, 0.717) is 12.2 Å². The molecule has 1 heterocycles. The molecule has 0 N–H and O–H groups in total. The van der Waals surface area contributed by atoms with Crippen molar-refractivity contribution >= 4 is 5.78 Å². The molecule has 1 aromatic rings. The van der Waals surface area contributed by atoms with Gasteiger partial charge in [0.1, 0.15) is 5.78 Å². The Morgan fingerprint density at radius 3 is 2.18 bits per heavy atom. The van der Waals surface area contributed by atoms with E-state index in [9.17, 15) is 4.79 Å². The van der Waals surface area contributed by atoms with Crippen LogP contribution in [0.1, 0.15) is 38.3 Å². The van der Waals surface area contributed by atoms with Crippen LogP contribution in [-0.2, 0) is 17.9 Å². The predicted molar refractivity (Wildman–Crippen MR) is 69.6 cm³/mol. The van der Waals surface area contributed by atoms with Gasteiger partial charge in [0, 0.05) is 31.5 Å². The normalized spacial score (nSPS) is 15.9. The molecule has 0 unspecified atom stereocenters. The molecule has 0 saturated heterocycles. The van der Waals surface area contributed by atoms with Gasteiger partial charge in [0.2, 0.25) is 0 Å². The standard InChI is InChI=1S/C15H21NO/c1-15(2,3)14(17)8-9-16-10-12-6-4-5-7-13(12)11-16/h4-7H,8-11H2,1-3H3. The highest BCUT2D eigenvalue weighted by atomic mass is 16.1. The second kappa shape index (κ2) is 4.61. The number of ketones is 1. The minimum Gasteiger partial charge on any atom is -0.299 e. The number of carbonyl (C=O) groups is 1. The molecule has 1 aromatic carbocycles. The van der Waals surface area contributed by atoms with Crippen molar-refractivity contribution in [1.82, 2.24) is 4.90 Å². The summed E-state index contributed by atoms with van der Waals surface area (Å²) in [6.45, 7) is 8.85. The monoisotopic (exact) mass is 231 g/mol. The highest BCUT2D eigenvalue weighted by Gasteiger charge is 2.23. The molecule has 0 saturated carbocycles. The lowest BCUT2D eigenvalue weighted by molar-refractivity contribution is -0.126. The Morgan fingerprint density at radius 2 is 1.71 bits per heavy atom. The van der Waals surface area contributed by atoms with Crippen molar-refractivity contribution in [3.8, 4) is 0 Å². The first-order valence-corrected chi connectivity index (χ1v) is 6.29. The molecule has 17 heavy (non-hydrogen) atoms. The Bertz CT molecular complexity index is 392. The van der Waals surface area contributed by atoms with Gasteiger partial charge in [-0.15, -0.1) is 0 Å². The first-order chi connectivity index (χ1) is 7.97. The summed E-state index contributed by atoms with van der Waals surface area (Å²) >= 11 is 0. The second-order valence-corrected chi connectivity index (χ2v) is 5.90. The minimum absolute atomic E-state index is 0.202. The third-order valence-electron chi connectivity index (χ3n) is 3.40. The van der Waals surface area contributed by atoms with Gasteiger partial charge >= 0.3 is 0 Å². The number of hydrogen-bond donors (Lipinski definition) is 0. The number of nitrogens with zero attached hydrogens (tertiary/aromatic N) is 1. The number of hydrogen-bond acceptors (Lipinski definition) is 2. The van der Waals surface area contributed by atoms with Crippen LogP contribution >= 0.6 is 0 Å². The lowest BCUT2D eigenvalue weighted by Crippen LogP contribution is -2.26. The summed E-state index contributed by atoms with van der Waals surface area (Å²) in [5.41, 5.74) is 2.62. The fourth-order valence-corrected chi connectivity index (χ4v) is 2.20. The third-order valence-corrected chi connectivity index (χ3v) is 3.40. The van der Waals surface area contributed by atoms with Crippen LogP contribution in [0, 0.1) is 5.41 Å². The molecule has 2 nitrogen and oxygen atoms in total. The number of benzene rings is 1. The van der Waals surface area contributed by atoms with E-state index >= 15 is 0 Å². The van der Waals surface area contributed by atoms with E-state index in [1.807, 2.05) is 20.8 Å². The SMILES string of the molecule is CC(C)(C)C(=O)CCN1Cc2ccccc2C1. The Labute approximate surface area is 104 Å². The number of rotatable bonds is 3. The van der Waals surface area contributed by atoms with Gasteiger partial charge in [-0.05, 0) is 11.1 Å². The van der Waals surface area contributed by atoms with Gasteiger partial charge in [-0.25, -0.2) is 0 Å². The van der Waals surface area contributed by atoms with Crippen LogP contribution in [-0.4, -0.2) is 17.2 Å². The van der Waals surface area contributed by atoms with Crippen LogP contribution in [0.2, 0.25) is 0 Å². The van der Waals surface area contributed by atoms with Gasteiger partial charge in [0.05, 0.1) is 0 Å². The molecule has 0 fully saturated rings. The highest BCUT2D eigenvalue weighted by Crippen LogP contribution is 2.23. The number of Topliss-reactive ketones (excluding diaryl/α,β-unsaturated/α-hetero) is 1. The van der Waals surface area contributed by atoms with Crippen molar-refractivity contribution in [3.05, 3.63) is 35.4 Å². The van der Waals surface area contributed by atoms with E-state index in [1.54, 1.807) is 0 Å². The Balaban J connectivity index is 1.87. The fraction of sp³-hybridized carbons (Fsp3) is 0.533. The fourth-order valence-electron chi connectivity index (χ4n) is 2.20. The van der Waals surface area contributed by atoms with Crippen molar-refractivity contribution in [2.75, 3.05) is 6.54 Å². The van der Waals surface area contributed by atoms with Crippen LogP contribution in [0.5, 0.6) is 0 Å². The quantitative estimate of drug-likeness (QED) is 0.797. The molecule has 0 atom stereocenters. The molecule has 1 aliphatic rings. The van der Waals surface area contributed by atoms with Gasteiger partial charge in [-0.2, -0.15) is 0 Å². The molecule has 0 aromatic heterocycles. The van der Waals surface area contributed by atoms with Gasteiger partial charge in [-0.3, -0.25) is 9.69 Å². The Kier molecular flexibility index (Phi) is 3.34. The summed E-state index contributed by atoms with van der Waals surface area (Å²) in [5, 5.41) is 0. The van der Waals surface area contributed by atoms with Crippen LogP contribution in [0.4, 0.5) is 0 Å². The summed E-state index contributed by atoms with van der Waals surface area (Å²) in [7, 11) is 0. The lowest BCUT2D eigenvalue weighted by atomic mass is 9.89. The molecular formula is C15H21NO. The summed E-state index contributed by atoms with van der Waals surface area (Å²) in [6, 6.07) is 8.53. The second-order valence-electron chi connectivity index (χ2n) is 5.90. The van der Waals surface area contributed by atoms with Crippen LogP contribution in [0.25, 0.3) is 0 Å². The van der Waals surface area contributed by atoms with Crippen LogP contribution in [0.3, 0.4) is 0 Å². The van der Waals surface area contributed by atoms with E-state index in [4.69, 9.17) is 0 Å². The first-order valence-electron chi connectivity index (χ1n) is 6.29. The molecule has 2 heteroatoms. The van der Waals surface area contributed by atoms with Crippen molar-refractivity contribution in [1.29, 1.82) is 0 Å². The van der Waals surface area contributed by atoms with Gasteiger partial charge in [-0.1, -0.05) is 45.0 Å². The molecular weight excluding hydrogens is 210 g/mol.